The van der Waals surface area contributed by atoms with Crippen LogP contribution >= 0.6 is 11.8 Å². The SMILES string of the molecule is CC(C)(C)CC(C)(C)SC(C)(C)CC(C)(C)C.Oc1ccccc1.[BaH2]. The van der Waals surface area contributed by atoms with E-state index < -0.39 is 0 Å². The van der Waals surface area contributed by atoms with Gasteiger partial charge < -0.3 is 5.11 Å². The predicted octanol–water partition coefficient (Wildman–Crippen LogP) is 6.63. The Morgan fingerprint density at radius 2 is 1.00 bits per heavy atom. The average Bonchev–Trinajstić information content (AvgIpc) is 2.21. The third-order valence-corrected chi connectivity index (χ3v) is 4.61. The normalized spacial score (nSPS) is 12.7. The first-order valence-corrected chi connectivity index (χ1v) is 9.77. The van der Waals surface area contributed by atoms with Gasteiger partial charge in [0.05, 0.1) is 0 Å². The third kappa shape index (κ3) is 18.1. The van der Waals surface area contributed by atoms with E-state index in [0.717, 1.165) is 0 Å². The second-order valence-corrected chi connectivity index (χ2v) is 12.8. The standard InChI is InChI=1S/C16H34S.C6H6O.Ba.2H/c1-13(2,3)11-15(7,8)17-16(9,10)12-14(4,5)6;7-6-4-2-1-3-5-6;;;/h11-12H2,1-10H3;1-5,7H;;;. The Balaban J connectivity index is 0. The number of phenols is 1. The Hall–Kier alpha value is 0.941. The van der Waals surface area contributed by atoms with E-state index in [4.69, 9.17) is 5.11 Å². The van der Waals surface area contributed by atoms with Crippen LogP contribution in [0.25, 0.3) is 0 Å². The van der Waals surface area contributed by atoms with Crippen molar-refractivity contribution in [3.8, 4) is 5.75 Å². The van der Waals surface area contributed by atoms with Gasteiger partial charge in [0, 0.05) is 9.49 Å². The van der Waals surface area contributed by atoms with E-state index in [1.165, 1.54) is 12.8 Å². The minimum atomic E-state index is 0. The van der Waals surface area contributed by atoms with Gasteiger partial charge in [-0.05, 0) is 35.8 Å². The number of hydrogen-bond acceptors (Lipinski definition) is 2. The van der Waals surface area contributed by atoms with E-state index in [-0.39, 0.29) is 48.9 Å². The van der Waals surface area contributed by atoms with Crippen LogP contribution in [0, 0.1) is 10.8 Å². The zero-order valence-corrected chi connectivity index (χ0v) is 18.5. The molecule has 0 fully saturated rings. The van der Waals surface area contributed by atoms with Crippen LogP contribution in [-0.4, -0.2) is 63.5 Å². The van der Waals surface area contributed by atoms with Crippen LogP contribution in [0.3, 0.4) is 0 Å². The molecule has 0 amide bonds. The average molecular weight is 492 g/mol. The van der Waals surface area contributed by atoms with Crippen molar-refractivity contribution < 1.29 is 5.11 Å². The van der Waals surface area contributed by atoms with Gasteiger partial charge in [0.2, 0.25) is 0 Å². The molecule has 0 atom stereocenters. The van der Waals surface area contributed by atoms with Gasteiger partial charge in [0.1, 0.15) is 5.75 Å². The first kappa shape index (κ1) is 28.2. The summed E-state index contributed by atoms with van der Waals surface area (Å²) in [6.07, 6.45) is 2.52. The van der Waals surface area contributed by atoms with Crippen LogP contribution < -0.4 is 0 Å². The molecule has 0 aliphatic rings. The van der Waals surface area contributed by atoms with Crippen LogP contribution in [0.1, 0.15) is 82.1 Å². The van der Waals surface area contributed by atoms with Crippen molar-refractivity contribution in [2.75, 3.05) is 0 Å². The van der Waals surface area contributed by atoms with Crippen LogP contribution in [0.5, 0.6) is 5.75 Å². The second kappa shape index (κ2) is 11.1. The number of hydrogen-bond donors (Lipinski definition) is 1. The Bertz CT molecular complexity index is 441. The summed E-state index contributed by atoms with van der Waals surface area (Å²) in [4.78, 5) is 0. The van der Waals surface area contributed by atoms with Crippen molar-refractivity contribution >= 4 is 60.6 Å². The van der Waals surface area contributed by atoms with Gasteiger partial charge >= 0.3 is 48.9 Å². The van der Waals surface area contributed by atoms with Crippen LogP contribution in [0.2, 0.25) is 0 Å². The monoisotopic (exact) mass is 492 g/mol. The summed E-state index contributed by atoms with van der Waals surface area (Å²) < 4.78 is 0.708. The van der Waals surface area contributed by atoms with Gasteiger partial charge in [-0.15, -0.1) is 11.8 Å². The zero-order valence-electron chi connectivity index (χ0n) is 17.7. The molecular formula is C22H42BaOS. The maximum absolute atomic E-state index is 8.63. The van der Waals surface area contributed by atoms with E-state index in [0.29, 0.717) is 26.1 Å². The summed E-state index contributed by atoms with van der Waals surface area (Å²) in [6.45, 7) is 23.6. The van der Waals surface area contributed by atoms with Gasteiger partial charge in [-0.2, -0.15) is 0 Å². The first-order valence-electron chi connectivity index (χ1n) is 8.96. The van der Waals surface area contributed by atoms with Gasteiger partial charge in [-0.3, -0.25) is 0 Å². The molecule has 0 radical (unpaired) electrons. The van der Waals surface area contributed by atoms with Gasteiger partial charge in [0.15, 0.2) is 0 Å². The van der Waals surface area contributed by atoms with E-state index in [1.807, 2.05) is 6.07 Å². The topological polar surface area (TPSA) is 20.2 Å². The molecule has 1 rings (SSSR count). The van der Waals surface area contributed by atoms with Crippen molar-refractivity contribution in [3.63, 3.8) is 0 Å². The van der Waals surface area contributed by atoms with Crippen LogP contribution in [0.4, 0.5) is 0 Å². The number of aromatic hydroxyl groups is 1. The van der Waals surface area contributed by atoms with E-state index in [9.17, 15) is 0 Å². The molecule has 1 aromatic rings. The molecule has 0 saturated carbocycles. The molecule has 3 heteroatoms. The Morgan fingerprint density at radius 1 is 0.680 bits per heavy atom. The molecule has 144 valence electrons. The molecule has 0 aromatic heterocycles. The Kier molecular flexibility index (Phi) is 12.5. The number of rotatable bonds is 4. The molecule has 0 aliphatic heterocycles. The quantitative estimate of drug-likeness (QED) is 0.477. The third-order valence-electron chi connectivity index (χ3n) is 3.22. The molecule has 0 aliphatic carbocycles. The molecule has 0 unspecified atom stereocenters. The number of para-hydroxylation sites is 1. The van der Waals surface area contributed by atoms with Crippen LogP contribution in [-0.2, 0) is 0 Å². The van der Waals surface area contributed by atoms with Gasteiger partial charge in [0.25, 0.3) is 0 Å². The molecule has 1 aromatic carbocycles. The Labute approximate surface area is 202 Å². The molecule has 1 nitrogen and oxygen atoms in total. The van der Waals surface area contributed by atoms with E-state index in [1.54, 1.807) is 24.3 Å². The van der Waals surface area contributed by atoms with Crippen molar-refractivity contribution in [2.24, 2.45) is 10.8 Å². The summed E-state index contributed by atoms with van der Waals surface area (Å²) in [5.74, 6) is 0.322. The van der Waals surface area contributed by atoms with E-state index in [2.05, 4.69) is 81.0 Å². The summed E-state index contributed by atoms with van der Waals surface area (Å²) >= 11 is 2.16. The van der Waals surface area contributed by atoms with Crippen LogP contribution in [0.15, 0.2) is 30.3 Å². The molecule has 0 bridgehead atoms. The molecular weight excluding hydrogens is 450 g/mol. The first-order chi connectivity index (χ1) is 10.5. The van der Waals surface area contributed by atoms with Gasteiger partial charge in [-0.1, -0.05) is 87.4 Å². The zero-order chi connectivity index (χ0) is 19.2. The predicted molar refractivity (Wildman–Crippen MR) is 121 cm³/mol. The molecule has 1 N–H and O–H groups in total. The summed E-state index contributed by atoms with van der Waals surface area (Å²) in [5, 5.41) is 8.63. The fourth-order valence-electron chi connectivity index (χ4n) is 3.80. The Morgan fingerprint density at radius 3 is 1.20 bits per heavy atom. The number of benzene rings is 1. The second-order valence-electron chi connectivity index (χ2n) is 10.4. The van der Waals surface area contributed by atoms with Crippen molar-refractivity contribution in [2.45, 2.75) is 91.6 Å². The molecule has 25 heavy (non-hydrogen) atoms. The summed E-state index contributed by atoms with van der Waals surface area (Å²) in [5.41, 5.74) is 0.822. The summed E-state index contributed by atoms with van der Waals surface area (Å²) in [7, 11) is 0. The van der Waals surface area contributed by atoms with E-state index >= 15 is 0 Å². The molecule has 0 saturated heterocycles. The molecule has 0 spiro atoms. The fourth-order valence-corrected chi connectivity index (χ4v) is 6.31. The van der Waals surface area contributed by atoms with Crippen molar-refractivity contribution in [1.29, 1.82) is 0 Å². The number of thioether (sulfide) groups is 1. The summed E-state index contributed by atoms with van der Waals surface area (Å²) in [6, 6.07) is 8.71. The molecule has 0 heterocycles. The minimum absolute atomic E-state index is 0. The van der Waals surface area contributed by atoms with Crippen molar-refractivity contribution in [1.82, 2.24) is 0 Å². The fraction of sp³-hybridized carbons (Fsp3) is 0.727. The maximum atomic E-state index is 8.63. The van der Waals surface area contributed by atoms with Gasteiger partial charge in [-0.25, -0.2) is 0 Å². The van der Waals surface area contributed by atoms with Crippen molar-refractivity contribution in [3.05, 3.63) is 30.3 Å². The number of phenolic OH excluding ortho intramolecular Hbond substituents is 1.